The van der Waals surface area contributed by atoms with Crippen LogP contribution in [0.4, 0.5) is 10.5 Å². The second-order valence-corrected chi connectivity index (χ2v) is 8.29. The molecule has 7 heteroatoms. The summed E-state index contributed by atoms with van der Waals surface area (Å²) in [4.78, 5) is 30.3. The number of urea groups is 1. The Morgan fingerprint density at radius 2 is 1.84 bits per heavy atom. The molecule has 174 valence electrons. The molecule has 3 rings (SSSR count). The summed E-state index contributed by atoms with van der Waals surface area (Å²) in [6.45, 7) is 2.46. The number of methoxy groups -OCH3 is 1. The fraction of sp³-hybridized carbons (Fsp3) is 0.440. The quantitative estimate of drug-likeness (QED) is 0.383. The number of ketones is 1. The van der Waals surface area contributed by atoms with E-state index in [1.165, 1.54) is 5.56 Å². The van der Waals surface area contributed by atoms with E-state index in [0.29, 0.717) is 13.0 Å². The fourth-order valence-electron chi connectivity index (χ4n) is 4.04. The van der Waals surface area contributed by atoms with E-state index in [1.54, 1.807) is 31.0 Å². The SMILES string of the molecule is COc1ccccc1CCN(C)CCCCC(=O)c1ccc2c(c1)CN(C)C(=O)N2C.Cl. The summed E-state index contributed by atoms with van der Waals surface area (Å²) in [5.41, 5.74) is 3.86. The second-order valence-electron chi connectivity index (χ2n) is 8.29. The van der Waals surface area contributed by atoms with Gasteiger partial charge < -0.3 is 14.5 Å². The summed E-state index contributed by atoms with van der Waals surface area (Å²) in [6, 6.07) is 13.8. The number of likely N-dealkylation sites (N-methyl/N-ethyl adjacent to an activating group) is 1. The number of benzene rings is 2. The lowest BCUT2D eigenvalue weighted by molar-refractivity contribution is 0.0978. The number of carbonyl (C=O) groups excluding carboxylic acids is 2. The number of carbonyl (C=O) groups is 2. The van der Waals surface area contributed by atoms with Crippen molar-refractivity contribution in [2.24, 2.45) is 0 Å². The number of halogens is 1. The second kappa shape index (κ2) is 11.9. The number of rotatable bonds is 10. The zero-order chi connectivity index (χ0) is 22.4. The molecule has 0 bridgehead atoms. The van der Waals surface area contributed by atoms with Crippen molar-refractivity contribution in [3.05, 3.63) is 59.2 Å². The third-order valence-electron chi connectivity index (χ3n) is 5.93. The van der Waals surface area contributed by atoms with E-state index < -0.39 is 0 Å². The maximum Gasteiger partial charge on any atom is 0.324 e. The lowest BCUT2D eigenvalue weighted by Crippen LogP contribution is -2.42. The predicted molar refractivity (Wildman–Crippen MR) is 131 cm³/mol. The number of amides is 2. The molecule has 2 aromatic rings. The zero-order valence-corrected chi connectivity index (χ0v) is 20.3. The molecular formula is C25H34ClN3O3. The van der Waals surface area contributed by atoms with E-state index in [2.05, 4.69) is 18.0 Å². The molecule has 2 aromatic carbocycles. The first-order chi connectivity index (χ1) is 14.9. The summed E-state index contributed by atoms with van der Waals surface area (Å²) in [7, 11) is 7.37. The van der Waals surface area contributed by atoms with Crippen LogP contribution in [0.1, 0.15) is 40.7 Å². The summed E-state index contributed by atoms with van der Waals surface area (Å²) in [6.07, 6.45) is 3.34. The van der Waals surface area contributed by atoms with Crippen LogP contribution in [0.5, 0.6) is 5.75 Å². The fourth-order valence-corrected chi connectivity index (χ4v) is 4.04. The molecule has 1 aliphatic heterocycles. The zero-order valence-electron chi connectivity index (χ0n) is 19.5. The average Bonchev–Trinajstić information content (AvgIpc) is 2.78. The van der Waals surface area contributed by atoms with Crippen LogP contribution in [-0.4, -0.2) is 63.0 Å². The molecule has 1 heterocycles. The number of hydrogen-bond donors (Lipinski definition) is 0. The lowest BCUT2D eigenvalue weighted by Gasteiger charge is -2.32. The molecule has 0 unspecified atom stereocenters. The summed E-state index contributed by atoms with van der Waals surface area (Å²) in [5, 5.41) is 0. The van der Waals surface area contributed by atoms with Crippen LogP contribution in [0.15, 0.2) is 42.5 Å². The van der Waals surface area contributed by atoms with E-state index in [-0.39, 0.29) is 24.2 Å². The molecule has 0 aliphatic carbocycles. The Morgan fingerprint density at radius 3 is 2.59 bits per heavy atom. The Morgan fingerprint density at radius 1 is 1.09 bits per heavy atom. The van der Waals surface area contributed by atoms with Gasteiger partial charge in [0.2, 0.25) is 0 Å². The molecule has 0 N–H and O–H groups in total. The molecular weight excluding hydrogens is 426 g/mol. The Bertz CT molecular complexity index is 934. The van der Waals surface area contributed by atoms with Gasteiger partial charge in [0.05, 0.1) is 12.8 Å². The van der Waals surface area contributed by atoms with Crippen molar-refractivity contribution in [2.45, 2.75) is 32.2 Å². The number of fused-ring (bicyclic) bond motifs is 1. The van der Waals surface area contributed by atoms with Crippen molar-refractivity contribution in [2.75, 3.05) is 46.2 Å². The van der Waals surface area contributed by atoms with Gasteiger partial charge >= 0.3 is 6.03 Å². The van der Waals surface area contributed by atoms with Gasteiger partial charge in [-0.05, 0) is 68.2 Å². The van der Waals surface area contributed by atoms with Crippen LogP contribution in [0.2, 0.25) is 0 Å². The Hall–Kier alpha value is -2.57. The first-order valence-corrected chi connectivity index (χ1v) is 10.9. The molecule has 0 atom stereocenters. The van der Waals surface area contributed by atoms with Gasteiger partial charge in [-0.25, -0.2) is 4.79 Å². The molecule has 6 nitrogen and oxygen atoms in total. The van der Waals surface area contributed by atoms with Crippen molar-refractivity contribution in [3.63, 3.8) is 0 Å². The van der Waals surface area contributed by atoms with E-state index in [1.807, 2.05) is 36.4 Å². The molecule has 0 radical (unpaired) electrons. The number of ether oxygens (including phenoxy) is 1. The molecule has 2 amide bonds. The Labute approximate surface area is 197 Å². The Balaban J connectivity index is 0.00000363. The third-order valence-corrected chi connectivity index (χ3v) is 5.93. The summed E-state index contributed by atoms with van der Waals surface area (Å²) < 4.78 is 5.42. The maximum atomic E-state index is 12.7. The van der Waals surface area contributed by atoms with E-state index in [0.717, 1.165) is 54.9 Å². The van der Waals surface area contributed by atoms with Gasteiger partial charge in [0.15, 0.2) is 5.78 Å². The highest BCUT2D eigenvalue weighted by Gasteiger charge is 2.25. The molecule has 1 aliphatic rings. The highest BCUT2D eigenvalue weighted by molar-refractivity contribution is 5.99. The van der Waals surface area contributed by atoms with Crippen LogP contribution in [0.3, 0.4) is 0 Å². The van der Waals surface area contributed by atoms with Gasteiger partial charge in [-0.3, -0.25) is 9.69 Å². The van der Waals surface area contributed by atoms with Crippen LogP contribution in [0.25, 0.3) is 0 Å². The number of Topliss-reactive ketones (excluding diaryl/α,β-unsaturated/α-hetero) is 1. The molecule has 0 saturated carbocycles. The standard InChI is InChI=1S/C25H33N3O3.ClH/c1-26(16-14-19-9-5-6-11-24(19)31-4)15-8-7-10-23(29)20-12-13-22-21(17-20)18-27(2)25(30)28(22)3;/h5-6,9,11-13,17H,7-8,10,14-16,18H2,1-4H3;1H. The van der Waals surface area contributed by atoms with E-state index >= 15 is 0 Å². The van der Waals surface area contributed by atoms with Gasteiger partial charge in [0, 0.05) is 39.2 Å². The monoisotopic (exact) mass is 459 g/mol. The topological polar surface area (TPSA) is 53.1 Å². The first kappa shape index (κ1) is 25.7. The van der Waals surface area contributed by atoms with Crippen molar-refractivity contribution in [1.82, 2.24) is 9.80 Å². The van der Waals surface area contributed by atoms with Gasteiger partial charge in [-0.2, -0.15) is 0 Å². The minimum absolute atomic E-state index is 0. The maximum absolute atomic E-state index is 12.7. The normalized spacial score (nSPS) is 13.1. The van der Waals surface area contributed by atoms with Crippen LogP contribution < -0.4 is 9.64 Å². The van der Waals surface area contributed by atoms with Crippen LogP contribution >= 0.6 is 12.4 Å². The minimum atomic E-state index is -0.0265. The molecule has 0 saturated heterocycles. The predicted octanol–water partition coefficient (Wildman–Crippen LogP) is 4.65. The number of unbranched alkanes of at least 4 members (excludes halogenated alkanes) is 1. The number of nitrogens with zero attached hydrogens (tertiary/aromatic N) is 3. The highest BCUT2D eigenvalue weighted by Crippen LogP contribution is 2.28. The van der Waals surface area contributed by atoms with Gasteiger partial charge in [-0.1, -0.05) is 18.2 Å². The average molecular weight is 460 g/mol. The molecule has 32 heavy (non-hydrogen) atoms. The molecule has 0 fully saturated rings. The molecule has 0 aromatic heterocycles. The largest absolute Gasteiger partial charge is 0.496 e. The number of hydrogen-bond acceptors (Lipinski definition) is 4. The van der Waals surface area contributed by atoms with Crippen LogP contribution in [-0.2, 0) is 13.0 Å². The molecule has 0 spiro atoms. The Kier molecular flexibility index (Phi) is 9.54. The van der Waals surface area contributed by atoms with E-state index in [9.17, 15) is 9.59 Å². The first-order valence-electron chi connectivity index (χ1n) is 10.9. The lowest BCUT2D eigenvalue weighted by atomic mass is 10.00. The summed E-state index contributed by atoms with van der Waals surface area (Å²) >= 11 is 0. The van der Waals surface area contributed by atoms with Crippen molar-refractivity contribution in [1.29, 1.82) is 0 Å². The smallest absolute Gasteiger partial charge is 0.324 e. The number of para-hydroxylation sites is 1. The van der Waals surface area contributed by atoms with Crippen molar-refractivity contribution in [3.8, 4) is 5.75 Å². The third kappa shape index (κ3) is 6.24. The van der Waals surface area contributed by atoms with Crippen molar-refractivity contribution >= 4 is 29.9 Å². The van der Waals surface area contributed by atoms with Gasteiger partial charge in [-0.15, -0.1) is 12.4 Å². The van der Waals surface area contributed by atoms with Crippen molar-refractivity contribution < 1.29 is 14.3 Å². The highest BCUT2D eigenvalue weighted by atomic mass is 35.5. The minimum Gasteiger partial charge on any atom is -0.496 e. The van der Waals surface area contributed by atoms with E-state index in [4.69, 9.17) is 4.74 Å². The van der Waals surface area contributed by atoms with Gasteiger partial charge in [0.25, 0.3) is 0 Å². The summed E-state index contributed by atoms with van der Waals surface area (Å²) in [5.74, 6) is 1.11. The van der Waals surface area contributed by atoms with Gasteiger partial charge in [0.1, 0.15) is 5.75 Å². The number of anilines is 1. The van der Waals surface area contributed by atoms with Crippen LogP contribution in [0, 0.1) is 0 Å².